The lowest BCUT2D eigenvalue weighted by Crippen LogP contribution is -2.29. The summed E-state index contributed by atoms with van der Waals surface area (Å²) in [6.45, 7) is 15.4. The molecule has 0 saturated carbocycles. The van der Waals surface area contributed by atoms with E-state index in [0.717, 1.165) is 30.2 Å². The van der Waals surface area contributed by atoms with E-state index in [1.807, 2.05) is 6.26 Å². The van der Waals surface area contributed by atoms with Gasteiger partial charge < -0.3 is 4.42 Å². The molecule has 0 spiro atoms. The van der Waals surface area contributed by atoms with E-state index in [4.69, 9.17) is 4.42 Å². The van der Waals surface area contributed by atoms with Gasteiger partial charge in [0.2, 0.25) is 0 Å². The van der Waals surface area contributed by atoms with Gasteiger partial charge in [-0.2, -0.15) is 0 Å². The first-order valence-corrected chi connectivity index (χ1v) is 9.44. The van der Waals surface area contributed by atoms with E-state index in [2.05, 4.69) is 47.6 Å². The molecule has 0 saturated heterocycles. The van der Waals surface area contributed by atoms with Crippen LogP contribution in [-0.2, 0) is 6.42 Å². The first kappa shape index (κ1) is 19.4. The van der Waals surface area contributed by atoms with Crippen LogP contribution in [0, 0.1) is 11.8 Å². The lowest BCUT2D eigenvalue weighted by atomic mass is 9.29. The molecular formula is C20H37BO. The fourth-order valence-electron chi connectivity index (χ4n) is 3.49. The summed E-state index contributed by atoms with van der Waals surface area (Å²) in [5.74, 6) is 3.27. The van der Waals surface area contributed by atoms with E-state index in [-0.39, 0.29) is 0 Å². The highest BCUT2D eigenvalue weighted by molar-refractivity contribution is 6.62. The summed E-state index contributed by atoms with van der Waals surface area (Å²) in [5, 5.41) is 0. The monoisotopic (exact) mass is 304 g/mol. The van der Waals surface area contributed by atoms with Crippen LogP contribution in [0.15, 0.2) is 23.0 Å². The molecule has 2 atom stereocenters. The van der Waals surface area contributed by atoms with Crippen LogP contribution in [-0.4, -0.2) is 6.71 Å². The fourth-order valence-corrected chi connectivity index (χ4v) is 3.49. The Balaban J connectivity index is 2.27. The van der Waals surface area contributed by atoms with E-state index >= 15 is 0 Å². The van der Waals surface area contributed by atoms with Crippen molar-refractivity contribution >= 4 is 6.71 Å². The summed E-state index contributed by atoms with van der Waals surface area (Å²) in [7, 11) is 0. The molecular weight excluding hydrogens is 267 g/mol. The largest absolute Gasteiger partial charge is 0.472 e. The lowest BCUT2D eigenvalue weighted by molar-refractivity contribution is 0.552. The predicted octanol–water partition coefficient (Wildman–Crippen LogP) is 6.97. The van der Waals surface area contributed by atoms with Gasteiger partial charge in [-0.3, -0.25) is 0 Å². The summed E-state index contributed by atoms with van der Waals surface area (Å²) in [6, 6.07) is 2.09. The van der Waals surface area contributed by atoms with Gasteiger partial charge in [-0.25, -0.2) is 0 Å². The summed E-state index contributed by atoms with van der Waals surface area (Å²) < 4.78 is 5.12. The molecule has 0 amide bonds. The molecule has 0 aromatic carbocycles. The van der Waals surface area contributed by atoms with Gasteiger partial charge in [0.15, 0.2) is 0 Å². The van der Waals surface area contributed by atoms with E-state index < -0.39 is 0 Å². The highest BCUT2D eigenvalue weighted by Crippen LogP contribution is 2.35. The van der Waals surface area contributed by atoms with Gasteiger partial charge in [0.05, 0.1) is 12.5 Å². The third kappa shape index (κ3) is 6.63. The van der Waals surface area contributed by atoms with Crippen LogP contribution in [0.5, 0.6) is 0 Å². The van der Waals surface area contributed by atoms with Crippen molar-refractivity contribution in [2.45, 2.75) is 91.6 Å². The molecule has 1 rings (SSSR count). The molecule has 0 aliphatic rings. The zero-order valence-electron chi connectivity index (χ0n) is 15.8. The summed E-state index contributed by atoms with van der Waals surface area (Å²) in [6.07, 6.45) is 11.7. The van der Waals surface area contributed by atoms with Gasteiger partial charge in [0.25, 0.3) is 0 Å². The molecule has 0 bridgehead atoms. The van der Waals surface area contributed by atoms with Gasteiger partial charge in [-0.15, -0.1) is 0 Å². The van der Waals surface area contributed by atoms with Crippen LogP contribution in [0.2, 0.25) is 18.0 Å². The van der Waals surface area contributed by atoms with Gasteiger partial charge in [0.1, 0.15) is 6.71 Å². The summed E-state index contributed by atoms with van der Waals surface area (Å²) in [4.78, 5) is 0. The molecule has 1 heterocycles. The quantitative estimate of drug-likeness (QED) is 0.318. The van der Waals surface area contributed by atoms with Crippen molar-refractivity contribution in [3.63, 3.8) is 0 Å². The smallest absolute Gasteiger partial charge is 0.146 e. The highest BCUT2D eigenvalue weighted by atomic mass is 16.3. The average molecular weight is 304 g/mol. The van der Waals surface area contributed by atoms with Crippen LogP contribution < -0.4 is 0 Å². The Morgan fingerprint density at radius 1 is 0.864 bits per heavy atom. The second-order valence-electron chi connectivity index (χ2n) is 7.95. The molecule has 0 radical (unpaired) electrons. The molecule has 1 aromatic rings. The molecule has 0 fully saturated rings. The van der Waals surface area contributed by atoms with E-state index in [1.165, 1.54) is 44.0 Å². The van der Waals surface area contributed by atoms with Gasteiger partial charge in [-0.05, 0) is 24.5 Å². The average Bonchev–Trinajstić information content (AvgIpc) is 2.98. The van der Waals surface area contributed by atoms with Crippen LogP contribution in [0.4, 0.5) is 0 Å². The first-order valence-electron chi connectivity index (χ1n) is 9.44. The summed E-state index contributed by atoms with van der Waals surface area (Å²) in [5.41, 5.74) is 1.35. The van der Waals surface area contributed by atoms with Gasteiger partial charge >= 0.3 is 0 Å². The topological polar surface area (TPSA) is 13.1 Å². The van der Waals surface area contributed by atoms with Crippen molar-refractivity contribution in [3.05, 3.63) is 24.2 Å². The molecule has 1 aromatic heterocycles. The van der Waals surface area contributed by atoms with Crippen LogP contribution in [0.3, 0.4) is 0 Å². The number of unbranched alkanes of at least 4 members (excludes halogenated alkanes) is 3. The van der Waals surface area contributed by atoms with Crippen molar-refractivity contribution in [1.29, 1.82) is 0 Å². The van der Waals surface area contributed by atoms with Crippen molar-refractivity contribution < 1.29 is 4.42 Å². The maximum absolute atomic E-state index is 5.12. The van der Waals surface area contributed by atoms with Crippen molar-refractivity contribution in [1.82, 2.24) is 0 Å². The summed E-state index contributed by atoms with van der Waals surface area (Å²) >= 11 is 0. The predicted molar refractivity (Wildman–Crippen MR) is 100.0 cm³/mol. The van der Waals surface area contributed by atoms with Crippen LogP contribution in [0.1, 0.15) is 72.8 Å². The van der Waals surface area contributed by atoms with Crippen molar-refractivity contribution in [2.75, 3.05) is 0 Å². The number of rotatable bonds is 11. The van der Waals surface area contributed by atoms with Crippen molar-refractivity contribution in [2.24, 2.45) is 11.8 Å². The van der Waals surface area contributed by atoms with E-state index in [1.54, 1.807) is 6.26 Å². The number of aryl methyl sites for hydroxylation is 1. The van der Waals surface area contributed by atoms with Crippen LogP contribution >= 0.6 is 0 Å². The second-order valence-corrected chi connectivity index (χ2v) is 7.95. The molecule has 126 valence electrons. The Morgan fingerprint density at radius 2 is 1.45 bits per heavy atom. The zero-order valence-corrected chi connectivity index (χ0v) is 15.8. The number of hydrogen-bond acceptors (Lipinski definition) is 1. The highest BCUT2D eigenvalue weighted by Gasteiger charge is 2.30. The minimum atomic E-state index is 0.798. The standard InChI is InChI=1S/C20H37BO/c1-16(2)18(5)21(19(6)17(3)4)13-10-8-7-9-11-20-12-14-22-15-20/h12,14-19H,7-11,13H2,1-6H3. The molecule has 0 N–H and O–H groups in total. The van der Waals surface area contributed by atoms with E-state index in [0.29, 0.717) is 0 Å². The lowest BCUT2D eigenvalue weighted by Gasteiger charge is -2.31. The third-order valence-electron chi connectivity index (χ3n) is 5.79. The van der Waals surface area contributed by atoms with Crippen molar-refractivity contribution in [3.8, 4) is 0 Å². The van der Waals surface area contributed by atoms with Gasteiger partial charge in [-0.1, -0.05) is 90.6 Å². The van der Waals surface area contributed by atoms with Crippen LogP contribution in [0.25, 0.3) is 0 Å². The maximum Gasteiger partial charge on any atom is 0.146 e. The first-order chi connectivity index (χ1) is 10.4. The normalized spacial score (nSPS) is 14.5. The third-order valence-corrected chi connectivity index (χ3v) is 5.79. The molecule has 1 nitrogen and oxygen atoms in total. The van der Waals surface area contributed by atoms with Gasteiger partial charge in [0, 0.05) is 0 Å². The Kier molecular flexibility index (Phi) is 8.97. The molecule has 0 aliphatic carbocycles. The SMILES string of the molecule is CC(C)C(C)B(CCCCCCc1ccoc1)C(C)C(C)C. The molecule has 22 heavy (non-hydrogen) atoms. The fraction of sp³-hybridized carbons (Fsp3) is 0.800. The Morgan fingerprint density at radius 3 is 1.95 bits per heavy atom. The van der Waals surface area contributed by atoms with E-state index in [9.17, 15) is 0 Å². The molecule has 2 unspecified atom stereocenters. The maximum atomic E-state index is 5.12. The Bertz CT molecular complexity index is 355. The number of furan rings is 1. The number of hydrogen-bond donors (Lipinski definition) is 0. The minimum Gasteiger partial charge on any atom is -0.472 e. The molecule has 2 heteroatoms. The second kappa shape index (κ2) is 10.2. The molecule has 0 aliphatic heterocycles. The Hall–Kier alpha value is -0.655. The zero-order chi connectivity index (χ0) is 16.5. The Labute approximate surface area is 139 Å². The minimum absolute atomic E-state index is 0.798.